The minimum atomic E-state index is -1.73. The van der Waals surface area contributed by atoms with Crippen LogP contribution in [0.2, 0.25) is 0 Å². The smallest absolute Gasteiger partial charge is 0.246 e. The lowest BCUT2D eigenvalue weighted by molar-refractivity contribution is -0.149. The molecule has 3 saturated heterocycles. The summed E-state index contributed by atoms with van der Waals surface area (Å²) in [5, 5.41) is 28.6. The van der Waals surface area contributed by atoms with E-state index in [1.165, 1.54) is 73.6 Å². The summed E-state index contributed by atoms with van der Waals surface area (Å²) in [5.41, 5.74) is 14.3. The first-order valence-corrected chi connectivity index (χ1v) is 45.6. The number of primary amides is 2. The SMILES string of the molecule is C=CC[C@@H]1NC(=O)[C@H](Cc2c[nH]c3ccccc23)NC(=O)[C@@H]2CCCN2C(=O)[C@H](CC(C)C)NC(=O)[C@H](Cc2c[nH]cn2)NC(=O)C2CCCN2C(=O)[C@H](CC(N)=O)NC(=O)[C@H](C)N(C)C(=O)[C@H](Cc2ccccn2)NC(=O)CSC[C@@H](C(=O)NCC(N)=O)NC(=O)[C@H](CC=C)NC(=O)[C@H](CCCC)N(C)C(=O)[C@H](CCCC)N(C)C(=O)[C@H](Cc2c[nH]c3ccccc23)NC1=O. The normalized spacial score (nSPS) is 24.6. The van der Waals surface area contributed by atoms with Gasteiger partial charge in [0.05, 0.1) is 30.7 Å². The molecule has 17 amide bonds. The second-order valence-electron chi connectivity index (χ2n) is 33.8. The number of para-hydroxylation sites is 2. The Bertz CT molecular complexity index is 5080. The average Bonchev–Trinajstić information content (AvgIpc) is 1.65. The molecule has 3 aliphatic rings. The molecule has 39 nitrogen and oxygen atoms in total. The Kier molecular flexibility index (Phi) is 37.9. The van der Waals surface area contributed by atoms with Crippen LogP contribution in [0.4, 0.5) is 0 Å². The zero-order valence-corrected chi connectivity index (χ0v) is 76.2. The molecule has 14 atom stereocenters. The molecular formula is C91H124N22O17S. The van der Waals surface area contributed by atoms with Crippen LogP contribution >= 0.6 is 11.8 Å². The highest BCUT2D eigenvalue weighted by molar-refractivity contribution is 8.00. The molecule has 0 bridgehead atoms. The predicted octanol–water partition coefficient (Wildman–Crippen LogP) is 0.686. The number of carbonyl (C=O) groups is 17. The topological polar surface area (TPSA) is 552 Å². The van der Waals surface area contributed by atoms with Gasteiger partial charge in [-0.2, -0.15) is 0 Å². The van der Waals surface area contributed by atoms with Crippen molar-refractivity contribution in [3.05, 3.63) is 146 Å². The number of imidazole rings is 1. The van der Waals surface area contributed by atoms with Gasteiger partial charge in [0, 0.05) is 118 Å². The van der Waals surface area contributed by atoms with Crippen LogP contribution in [0.5, 0.6) is 0 Å². The van der Waals surface area contributed by atoms with E-state index < -0.39 is 204 Å². The number of nitrogens with two attached hydrogens (primary N) is 2. The number of thioether (sulfide) groups is 1. The van der Waals surface area contributed by atoms with Crippen LogP contribution < -0.4 is 64.6 Å². The number of rotatable bonds is 25. The van der Waals surface area contributed by atoms with Crippen molar-refractivity contribution in [2.24, 2.45) is 17.4 Å². The summed E-state index contributed by atoms with van der Waals surface area (Å²) in [6.45, 7) is 15.7. The van der Waals surface area contributed by atoms with Gasteiger partial charge in [-0.3, -0.25) is 86.5 Å². The van der Waals surface area contributed by atoms with Crippen molar-refractivity contribution in [3.63, 3.8) is 0 Å². The molecule has 0 saturated carbocycles. The maximum Gasteiger partial charge on any atom is 0.246 e. The Morgan fingerprint density at radius 2 is 0.992 bits per heavy atom. The molecule has 3 fully saturated rings. The van der Waals surface area contributed by atoms with Crippen molar-refractivity contribution in [2.75, 3.05) is 52.3 Å². The number of hydrogen-bond acceptors (Lipinski definition) is 20. The molecule has 706 valence electrons. The van der Waals surface area contributed by atoms with Crippen molar-refractivity contribution >= 4 is 134 Å². The largest absolute Gasteiger partial charge is 0.370 e. The minimum Gasteiger partial charge on any atom is -0.370 e. The van der Waals surface area contributed by atoms with Gasteiger partial charge in [-0.05, 0) is 106 Å². The third kappa shape index (κ3) is 27.9. The van der Waals surface area contributed by atoms with Gasteiger partial charge in [0.15, 0.2) is 0 Å². The van der Waals surface area contributed by atoms with Gasteiger partial charge >= 0.3 is 0 Å². The molecule has 9 rings (SSSR count). The van der Waals surface area contributed by atoms with Crippen LogP contribution in [0.3, 0.4) is 0 Å². The van der Waals surface area contributed by atoms with Crippen molar-refractivity contribution < 1.29 is 81.5 Å². The molecule has 0 spiro atoms. The molecule has 17 N–H and O–H groups in total. The number of aromatic nitrogens is 5. The molecule has 1 unspecified atom stereocenters. The molecule has 131 heavy (non-hydrogen) atoms. The highest BCUT2D eigenvalue weighted by Gasteiger charge is 2.46. The number of H-pyrrole nitrogens is 3. The van der Waals surface area contributed by atoms with Crippen molar-refractivity contribution in [2.45, 2.75) is 235 Å². The van der Waals surface area contributed by atoms with Crippen LogP contribution in [-0.4, -0.2) is 287 Å². The monoisotopic (exact) mass is 1830 g/mol. The second-order valence-corrected chi connectivity index (χ2v) is 34.8. The fourth-order valence-electron chi connectivity index (χ4n) is 16.4. The van der Waals surface area contributed by atoms with E-state index >= 15 is 38.4 Å². The molecule has 2 aromatic carbocycles. The molecular weight excluding hydrogens is 1710 g/mol. The Hall–Kier alpha value is -13.3. The molecule has 0 aliphatic carbocycles. The van der Waals surface area contributed by atoms with Gasteiger partial charge in [-0.25, -0.2) is 4.98 Å². The lowest BCUT2D eigenvalue weighted by atomic mass is 9.99. The number of aromatic amines is 3. The minimum absolute atomic E-state index is 0.0191. The van der Waals surface area contributed by atoms with E-state index in [1.807, 2.05) is 64.1 Å². The standard InChI is InChI=1S/C91H124N22O17S/c1-11-15-32-71-84(123)102-63(26-14-4)81(120)108-70(79(118)98-48-76(93)115)49-131-50-77(116)100-68(42-56-27-21-22-36-95-56)87(126)109(8)53(7)78(117)105-69(44-75(92)114)90(129)113-38-24-35-73(113)86(125)104-65(43-57-47-94-51-99-57)83(122)106-66(39-52(5)6)89(128)112-37-23-34-72(112)85(124)103-64(40-54-45-96-60-30-19-17-28-58(54)60)82(121)101-62(25-13-3)80(119)107-67(41-55-46-97-61-31-20-18-29-59(55)61)88(127)111(10)74(33-16-12-2)91(130)110(71)9/h13-14,17-22,27-31,36,45-47,51-53,62-74,96-97H,3-4,11-12,15-16,23-26,32-35,37-44,48-50H2,1-2,5-10H3,(H2,92,114)(H2,93,115)(H,94,99)(H,98,118)(H,100,116)(H,101,121)(H,102,123)(H,103,124)(H,104,125)(H,105,117)(H,106,122)(H,107,119)(H,108,120)/t53-,62-,63-,64-,65-,66-,67-,68-,69-,70-,71-,72-,73?,74-/m0/s1. The number of amides is 17. The van der Waals surface area contributed by atoms with Gasteiger partial charge in [0.2, 0.25) is 100 Å². The first-order chi connectivity index (χ1) is 62.6. The first kappa shape index (κ1) is 101. The van der Waals surface area contributed by atoms with Gasteiger partial charge in [-0.15, -0.1) is 24.9 Å². The van der Waals surface area contributed by atoms with Crippen molar-refractivity contribution in [1.82, 2.24) is 103 Å². The van der Waals surface area contributed by atoms with E-state index in [0.717, 1.165) is 21.6 Å². The summed E-state index contributed by atoms with van der Waals surface area (Å²) in [6.07, 6.45) is 10.9. The van der Waals surface area contributed by atoms with Gasteiger partial charge in [-0.1, -0.05) is 108 Å². The van der Waals surface area contributed by atoms with Crippen LogP contribution in [0, 0.1) is 5.92 Å². The molecule has 40 heteroatoms. The fourth-order valence-corrected chi connectivity index (χ4v) is 17.3. The van der Waals surface area contributed by atoms with Crippen LogP contribution in [0.15, 0.2) is 123 Å². The molecule has 6 aromatic rings. The quantitative estimate of drug-likeness (QED) is 0.0351. The average molecular weight is 1830 g/mol. The first-order valence-electron chi connectivity index (χ1n) is 44.4. The molecule has 3 aliphatic heterocycles. The number of unbranched alkanes of at least 4 members (excludes halogenated alkanes) is 2. The van der Waals surface area contributed by atoms with Crippen LogP contribution in [-0.2, 0) is 107 Å². The van der Waals surface area contributed by atoms with E-state index in [9.17, 15) is 43.2 Å². The van der Waals surface area contributed by atoms with Crippen molar-refractivity contribution in [3.8, 4) is 0 Å². The highest BCUT2D eigenvalue weighted by Crippen LogP contribution is 2.28. The molecule has 4 aromatic heterocycles. The lowest BCUT2D eigenvalue weighted by Gasteiger charge is -2.36. The lowest BCUT2D eigenvalue weighted by Crippen LogP contribution is -2.61. The van der Waals surface area contributed by atoms with E-state index in [2.05, 4.69) is 91.2 Å². The van der Waals surface area contributed by atoms with E-state index in [-0.39, 0.29) is 102 Å². The Balaban J connectivity index is 1.09. The Morgan fingerprint density at radius 1 is 0.511 bits per heavy atom. The summed E-state index contributed by atoms with van der Waals surface area (Å²) in [7, 11) is 4.05. The third-order valence-corrected chi connectivity index (χ3v) is 24.7. The predicted molar refractivity (Wildman–Crippen MR) is 488 cm³/mol. The number of likely N-dealkylation sites (N-methyl/N-ethyl adjacent to an activating group) is 3. The molecule has 0 radical (unpaired) electrons. The zero-order valence-electron chi connectivity index (χ0n) is 75.4. The number of pyridine rings is 1. The summed E-state index contributed by atoms with van der Waals surface area (Å²) >= 11 is 0.805. The Morgan fingerprint density at radius 3 is 1.53 bits per heavy atom. The number of fused-ring (bicyclic) bond motifs is 4. The number of benzene rings is 2. The second kappa shape index (κ2) is 48.9. The zero-order chi connectivity index (χ0) is 95.3. The van der Waals surface area contributed by atoms with E-state index in [4.69, 9.17) is 11.5 Å². The van der Waals surface area contributed by atoms with Gasteiger partial charge in [0.1, 0.15) is 84.6 Å². The highest BCUT2D eigenvalue weighted by atomic mass is 32.2. The Labute approximate surface area is 764 Å². The van der Waals surface area contributed by atoms with Crippen LogP contribution in [0.25, 0.3) is 21.8 Å². The summed E-state index contributed by atoms with van der Waals surface area (Å²) in [6, 6.07) is -0.825. The number of hydrogen-bond donors (Lipinski definition) is 15. The summed E-state index contributed by atoms with van der Waals surface area (Å²) in [5.74, 6) is -15.7. The van der Waals surface area contributed by atoms with Gasteiger partial charge < -0.3 is 104 Å². The van der Waals surface area contributed by atoms with Gasteiger partial charge in [0.25, 0.3) is 0 Å². The fraction of sp³-hybridized carbons (Fsp3) is 0.505. The molecule has 7 heterocycles. The van der Waals surface area contributed by atoms with E-state index in [0.29, 0.717) is 76.4 Å². The van der Waals surface area contributed by atoms with Crippen LogP contribution in [0.1, 0.15) is 147 Å². The maximum atomic E-state index is 15.8. The summed E-state index contributed by atoms with van der Waals surface area (Å²) in [4.78, 5) is 274. The number of carbonyl (C=O) groups excluding carboxylic acids is 17. The van der Waals surface area contributed by atoms with Crippen molar-refractivity contribution in [1.29, 1.82) is 0 Å². The third-order valence-electron chi connectivity index (χ3n) is 23.7. The number of nitrogens with one attached hydrogen (secondary N) is 13. The summed E-state index contributed by atoms with van der Waals surface area (Å²) < 4.78 is 0. The van der Waals surface area contributed by atoms with E-state index in [1.54, 1.807) is 42.7 Å². The number of nitrogens with zero attached hydrogens (tertiary/aromatic N) is 7. The maximum absolute atomic E-state index is 15.8.